The van der Waals surface area contributed by atoms with E-state index in [-0.39, 0.29) is 17.6 Å². The number of ether oxygens (including phenoxy) is 3. The van der Waals surface area contributed by atoms with Gasteiger partial charge in [0.1, 0.15) is 31.3 Å². The Labute approximate surface area is 276 Å². The summed E-state index contributed by atoms with van der Waals surface area (Å²) in [6.07, 6.45) is 5.75. The van der Waals surface area contributed by atoms with Gasteiger partial charge < -0.3 is 25.3 Å². The number of rotatable bonds is 8. The maximum absolute atomic E-state index is 13.5. The molecule has 15 heteroatoms. The number of nitrogens with one attached hydrogen (secondary N) is 1. The number of aromatic nitrogens is 4. The number of methoxy groups -OCH3 is 1. The van der Waals surface area contributed by atoms with Gasteiger partial charge in [0.2, 0.25) is 0 Å². The molecule has 0 aliphatic carbocycles. The molecule has 2 aliphatic rings. The van der Waals surface area contributed by atoms with Crippen LogP contribution in [0.3, 0.4) is 0 Å². The van der Waals surface area contributed by atoms with Gasteiger partial charge in [-0.3, -0.25) is 19.2 Å². The number of hydrogen-bond donors (Lipinski definition) is 2. The number of anilines is 1. The van der Waals surface area contributed by atoms with Crippen molar-refractivity contribution in [2.75, 3.05) is 25.9 Å². The van der Waals surface area contributed by atoms with Crippen molar-refractivity contribution in [3.8, 4) is 10.6 Å². The maximum Gasteiger partial charge on any atom is 0.410 e. The van der Waals surface area contributed by atoms with E-state index in [9.17, 15) is 14.4 Å². The van der Waals surface area contributed by atoms with E-state index in [4.69, 9.17) is 19.9 Å². The number of cyclic esters (lactones) is 1. The van der Waals surface area contributed by atoms with Gasteiger partial charge >= 0.3 is 12.1 Å². The van der Waals surface area contributed by atoms with Gasteiger partial charge in [0, 0.05) is 38.4 Å². The number of nitrogens with zero attached hydrogens (tertiary/aromatic N) is 5. The molecule has 46 heavy (non-hydrogen) atoms. The number of esters is 1. The summed E-state index contributed by atoms with van der Waals surface area (Å²) in [5, 5.41) is 12.6. The van der Waals surface area contributed by atoms with Crippen LogP contribution in [0.4, 0.5) is 9.93 Å². The fourth-order valence-corrected chi connectivity index (χ4v) is 7.63. The van der Waals surface area contributed by atoms with Crippen LogP contribution < -0.4 is 11.1 Å². The summed E-state index contributed by atoms with van der Waals surface area (Å²) < 4.78 is 19.9. The summed E-state index contributed by atoms with van der Waals surface area (Å²) in [5.74, 6) is -2.28. The van der Waals surface area contributed by atoms with Gasteiger partial charge in [-0.2, -0.15) is 0 Å². The molecule has 254 valence electrons. The number of aryl methyl sites for hydroxylation is 1. The molecule has 0 unspecified atom stereocenters. The number of Topliss-reactive ketones (excluding diaryl/α,β-unsaturated/α-hetero) is 1. The van der Waals surface area contributed by atoms with Crippen LogP contribution in [0.15, 0.2) is 12.4 Å². The number of hydrogen-bond acceptors (Lipinski definition) is 12. The number of carbonyl (C=O) groups excluding carboxylic acids is 3. The van der Waals surface area contributed by atoms with E-state index in [1.54, 1.807) is 29.8 Å². The monoisotopic (exact) mass is 659 g/mol. The van der Waals surface area contributed by atoms with Crippen LogP contribution in [-0.4, -0.2) is 100 Å². The lowest BCUT2D eigenvalue weighted by Gasteiger charge is -2.40. The first kappa shape index (κ1) is 35.8. The second kappa shape index (κ2) is 14.8. The molecule has 3 N–H and O–H groups in total. The first-order valence-corrected chi connectivity index (χ1v) is 17.2. The average Bonchev–Trinajstić information content (AvgIpc) is 3.75. The van der Waals surface area contributed by atoms with E-state index in [0.717, 1.165) is 24.1 Å². The minimum Gasteiger partial charge on any atom is -0.458 e. The lowest BCUT2D eigenvalue weighted by atomic mass is 9.63. The van der Waals surface area contributed by atoms with Crippen molar-refractivity contribution >= 4 is 42.2 Å². The third-order valence-electron chi connectivity index (χ3n) is 10.3. The van der Waals surface area contributed by atoms with Gasteiger partial charge in [0.15, 0.2) is 10.7 Å². The van der Waals surface area contributed by atoms with E-state index in [1.165, 1.54) is 11.3 Å². The Morgan fingerprint density at radius 1 is 1.20 bits per heavy atom. The van der Waals surface area contributed by atoms with Crippen LogP contribution in [0, 0.1) is 11.8 Å². The summed E-state index contributed by atoms with van der Waals surface area (Å²) in [4.78, 5) is 47.2. The normalized spacial score (nSPS) is 33.2. The smallest absolute Gasteiger partial charge is 0.410 e. The molecule has 0 aromatic carbocycles. The number of fused-ring (bicyclic) bond motifs is 1. The molecule has 13 nitrogen and oxygen atoms in total. The lowest BCUT2D eigenvalue weighted by Crippen LogP contribution is -2.60. The Morgan fingerprint density at radius 2 is 1.91 bits per heavy atom. The number of thiazole rings is 1. The second-order valence-electron chi connectivity index (χ2n) is 13.2. The summed E-state index contributed by atoms with van der Waals surface area (Å²) in [6.45, 7) is 13.0. The fraction of sp³-hybridized carbons (Fsp3) is 0.742. The van der Waals surface area contributed by atoms with E-state index >= 15 is 0 Å². The maximum atomic E-state index is 13.5. The van der Waals surface area contributed by atoms with Crippen LogP contribution in [0.25, 0.3) is 10.6 Å². The quantitative estimate of drug-likeness (QED) is 0.185. The number of nitrogens with two attached hydrogens (primary N) is 1. The van der Waals surface area contributed by atoms with Gasteiger partial charge in [0.05, 0.1) is 22.7 Å². The number of nitrogen functional groups attached to an aromatic ring is 1. The number of amides is 1. The molecular weight excluding hydrogens is 609 g/mol. The predicted molar refractivity (Wildman–Crippen MR) is 178 cm³/mol. The van der Waals surface area contributed by atoms with Gasteiger partial charge in [0.25, 0.3) is 0 Å². The molecule has 1 amide bonds. The molecule has 0 radical (unpaired) electrons. The van der Waals surface area contributed by atoms with Crippen molar-refractivity contribution < 1.29 is 28.6 Å². The number of carbonyl (C=O) groups is 3. The number of unbranched alkanes of at least 4 members (excludes halogenated alkanes) is 1. The highest BCUT2D eigenvalue weighted by atomic mass is 32.1. The van der Waals surface area contributed by atoms with Crippen molar-refractivity contribution in [1.82, 2.24) is 30.2 Å². The molecule has 0 bridgehead atoms. The predicted octanol–water partition coefficient (Wildman–Crippen LogP) is 3.11. The van der Waals surface area contributed by atoms with Gasteiger partial charge in [-0.25, -0.2) is 9.78 Å². The van der Waals surface area contributed by atoms with Crippen LogP contribution >= 0.6 is 11.3 Å². The molecule has 0 spiro atoms. The SMILES string of the molecule is B[C@@H]1[C@@H](C)C(=O)[C@@H](C)C(=O)O[C@H](CC)[C@@]2(C)OC(=O)N(CCCCn3cc(-c4cnc(N)s4)nn3)[C@@H]2[C@H](C)NCCC[C@@]1(C)OC. The molecule has 2 aliphatic heterocycles. The van der Waals surface area contributed by atoms with Crippen molar-refractivity contribution in [2.24, 2.45) is 11.8 Å². The molecular formula is C31H50BN7O6S. The first-order valence-electron chi connectivity index (χ1n) is 16.4. The van der Waals surface area contributed by atoms with E-state index in [2.05, 4.69) is 20.6 Å². The molecule has 2 fully saturated rings. The van der Waals surface area contributed by atoms with Crippen molar-refractivity contribution in [3.05, 3.63) is 12.4 Å². The van der Waals surface area contributed by atoms with Gasteiger partial charge in [-0.1, -0.05) is 30.4 Å². The summed E-state index contributed by atoms with van der Waals surface area (Å²) >= 11 is 1.36. The van der Waals surface area contributed by atoms with Crippen molar-refractivity contribution in [2.45, 2.75) is 115 Å². The van der Waals surface area contributed by atoms with E-state index in [0.29, 0.717) is 43.3 Å². The summed E-state index contributed by atoms with van der Waals surface area (Å²) in [7, 11) is 3.68. The third kappa shape index (κ3) is 7.41. The van der Waals surface area contributed by atoms with Crippen LogP contribution in [-0.2, 0) is 30.3 Å². The zero-order valence-electron chi connectivity index (χ0n) is 28.4. The van der Waals surface area contributed by atoms with E-state index < -0.39 is 47.2 Å². The number of ketones is 1. The van der Waals surface area contributed by atoms with Crippen LogP contribution in [0.5, 0.6) is 0 Å². The zero-order valence-corrected chi connectivity index (χ0v) is 29.3. The Kier molecular flexibility index (Phi) is 11.5. The molecule has 4 heterocycles. The molecule has 2 saturated heterocycles. The Morgan fingerprint density at radius 3 is 2.57 bits per heavy atom. The lowest BCUT2D eigenvalue weighted by molar-refractivity contribution is -0.170. The molecule has 2 aromatic heterocycles. The fourth-order valence-electron chi connectivity index (χ4n) is 7.00. The minimum absolute atomic E-state index is 0.117. The van der Waals surface area contributed by atoms with Gasteiger partial charge in [-0.05, 0) is 72.2 Å². The highest BCUT2D eigenvalue weighted by Crippen LogP contribution is 2.40. The molecule has 0 saturated carbocycles. The van der Waals surface area contributed by atoms with Crippen LogP contribution in [0.2, 0.25) is 5.82 Å². The standard InChI is InChI=1S/C31H50BN7O6S/c1-8-23-31(6)26(20(4)34-13-11-12-30(5,43-7)25(32)18(2)24(40)19(3)27(41)44-23)39(29(42)45-31)15-10-9-14-38-17-21(36-37-38)22-16-35-28(33)46-22/h16-20,23,25-26,34H,8-15,32H2,1-7H3,(H2,33,35)/t18-,19+,20-,23+,25+,26+,30+,31+/m0/s1. The topological polar surface area (TPSA) is 164 Å². The molecule has 8 atom stereocenters. The first-order chi connectivity index (χ1) is 21.8. The zero-order chi connectivity index (χ0) is 33.8. The minimum atomic E-state index is -1.13. The second-order valence-corrected chi connectivity index (χ2v) is 14.3. The van der Waals surface area contributed by atoms with Crippen molar-refractivity contribution in [1.29, 1.82) is 0 Å². The Bertz CT molecular complexity index is 1370. The summed E-state index contributed by atoms with van der Waals surface area (Å²) in [5.41, 5.74) is 4.78. The largest absolute Gasteiger partial charge is 0.458 e. The summed E-state index contributed by atoms with van der Waals surface area (Å²) in [6, 6.07) is -0.599. The molecule has 4 rings (SSSR count). The highest BCUT2D eigenvalue weighted by Gasteiger charge is 2.58. The van der Waals surface area contributed by atoms with Gasteiger partial charge in [-0.15, -0.1) is 5.10 Å². The highest BCUT2D eigenvalue weighted by molar-refractivity contribution is 7.18. The average molecular weight is 660 g/mol. The molecule has 2 aromatic rings. The van der Waals surface area contributed by atoms with Crippen molar-refractivity contribution in [3.63, 3.8) is 0 Å². The van der Waals surface area contributed by atoms with E-state index in [1.807, 2.05) is 48.7 Å². The Balaban J connectivity index is 1.52. The Hall–Kier alpha value is -3.04. The van der Waals surface area contributed by atoms with Crippen LogP contribution in [0.1, 0.15) is 73.6 Å². The third-order valence-corrected chi connectivity index (χ3v) is 11.1.